The van der Waals surface area contributed by atoms with Crippen molar-refractivity contribution in [2.75, 3.05) is 19.8 Å². The summed E-state index contributed by atoms with van der Waals surface area (Å²) in [6, 6.07) is 0. The van der Waals surface area contributed by atoms with Gasteiger partial charge in [0.15, 0.2) is 5.78 Å². The van der Waals surface area contributed by atoms with Crippen LogP contribution in [-0.4, -0.2) is 53.7 Å². The Kier molecular flexibility index (Phi) is 6.86. The van der Waals surface area contributed by atoms with Crippen molar-refractivity contribution in [3.63, 3.8) is 0 Å². The first kappa shape index (κ1) is 19.9. The minimum absolute atomic E-state index is 0.0180. The van der Waals surface area contributed by atoms with Crippen LogP contribution in [0.25, 0.3) is 0 Å². The van der Waals surface area contributed by atoms with Crippen LogP contribution in [0, 0.1) is 0 Å². The van der Waals surface area contributed by atoms with E-state index in [1.54, 1.807) is 0 Å². The third kappa shape index (κ3) is 5.03. The second-order valence-corrected chi connectivity index (χ2v) is 8.64. The zero-order chi connectivity index (χ0) is 17.8. The maximum atomic E-state index is 12.9. The van der Waals surface area contributed by atoms with E-state index in [-0.39, 0.29) is 23.5 Å². The average molecular weight is 340 g/mol. The topological polar surface area (TPSA) is 42.1 Å². The lowest BCUT2D eigenvalue weighted by atomic mass is 9.77. The summed E-state index contributed by atoms with van der Waals surface area (Å²) in [5.41, 5.74) is -0.476. The molecule has 0 N–H and O–H groups in total. The summed E-state index contributed by atoms with van der Waals surface area (Å²) in [5, 5.41) is 0. The minimum Gasteiger partial charge on any atom is -0.371 e. The highest BCUT2D eigenvalue weighted by Crippen LogP contribution is 2.38. The molecule has 24 heavy (non-hydrogen) atoms. The largest absolute Gasteiger partial charge is 0.371 e. The Morgan fingerprint density at radius 1 is 1.12 bits per heavy atom. The highest BCUT2D eigenvalue weighted by molar-refractivity contribution is 5.92. The summed E-state index contributed by atoms with van der Waals surface area (Å²) < 4.78 is 11.1. The molecule has 0 aromatic heterocycles. The van der Waals surface area contributed by atoms with Crippen LogP contribution >= 0.6 is 0 Å². The van der Waals surface area contributed by atoms with Gasteiger partial charge >= 0.3 is 0 Å². The lowest BCUT2D eigenvalue weighted by Crippen LogP contribution is -2.67. The van der Waals surface area contributed by atoms with E-state index in [1.165, 1.54) is 38.5 Å². The maximum absolute atomic E-state index is 12.9. The third-order valence-corrected chi connectivity index (χ3v) is 5.61. The molecule has 2 atom stereocenters. The maximum Gasteiger partial charge on any atom is 0.181 e. The van der Waals surface area contributed by atoms with Gasteiger partial charge in [0.05, 0.1) is 18.8 Å². The molecule has 0 spiro atoms. The smallest absolute Gasteiger partial charge is 0.181 e. The van der Waals surface area contributed by atoms with E-state index in [9.17, 15) is 4.79 Å². The predicted octanol–water partition coefficient (Wildman–Crippen LogP) is 3.96. The standard InChI is InChI=1S/C20H37NO3/c1-6-7-8-9-10-11-12-21-19(2,3)13-17(18(22)20(21,4)5)24-15-16-14-23-16/h16-17H,6-15H2,1-5H3. The fourth-order valence-electron chi connectivity index (χ4n) is 4.10. The van der Waals surface area contributed by atoms with E-state index < -0.39 is 5.54 Å². The molecule has 2 rings (SSSR count). The molecular weight excluding hydrogens is 302 g/mol. The van der Waals surface area contributed by atoms with Gasteiger partial charge in [0.2, 0.25) is 0 Å². The summed E-state index contributed by atoms with van der Waals surface area (Å²) in [6.45, 7) is 13.2. The van der Waals surface area contributed by atoms with Crippen molar-refractivity contribution in [3.05, 3.63) is 0 Å². The number of epoxide rings is 1. The fourth-order valence-corrected chi connectivity index (χ4v) is 4.10. The number of piperidine rings is 1. The third-order valence-electron chi connectivity index (χ3n) is 5.61. The number of carbonyl (C=O) groups is 1. The minimum atomic E-state index is -0.458. The van der Waals surface area contributed by atoms with Gasteiger partial charge in [-0.05, 0) is 47.1 Å². The lowest BCUT2D eigenvalue weighted by molar-refractivity contribution is -0.160. The molecule has 0 saturated carbocycles. The highest BCUT2D eigenvalue weighted by Gasteiger charge is 2.51. The second kappa shape index (κ2) is 8.29. The van der Waals surface area contributed by atoms with Crippen LogP contribution in [0.1, 0.15) is 79.6 Å². The van der Waals surface area contributed by atoms with Crippen molar-refractivity contribution < 1.29 is 14.3 Å². The van der Waals surface area contributed by atoms with Crippen molar-refractivity contribution in [1.82, 2.24) is 4.90 Å². The summed E-state index contributed by atoms with van der Waals surface area (Å²) in [4.78, 5) is 15.4. The summed E-state index contributed by atoms with van der Waals surface area (Å²) in [6.07, 6.45) is 8.39. The van der Waals surface area contributed by atoms with Gasteiger partial charge in [0.25, 0.3) is 0 Å². The van der Waals surface area contributed by atoms with E-state index in [4.69, 9.17) is 9.47 Å². The van der Waals surface area contributed by atoms with Crippen LogP contribution < -0.4 is 0 Å². The summed E-state index contributed by atoms with van der Waals surface area (Å²) in [5.74, 6) is 0.230. The number of carbonyl (C=O) groups excluding carboxylic acids is 1. The van der Waals surface area contributed by atoms with Gasteiger partial charge in [-0.2, -0.15) is 0 Å². The SMILES string of the molecule is CCCCCCCCN1C(C)(C)CC(OCC2CO2)C(=O)C1(C)C. The number of nitrogens with zero attached hydrogens (tertiary/aromatic N) is 1. The number of hydrogen-bond donors (Lipinski definition) is 0. The molecule has 0 radical (unpaired) electrons. The molecule has 0 bridgehead atoms. The Bertz CT molecular complexity index is 415. The first-order valence-electron chi connectivity index (χ1n) is 9.84. The quantitative estimate of drug-likeness (QED) is 0.446. The second-order valence-electron chi connectivity index (χ2n) is 8.64. The van der Waals surface area contributed by atoms with E-state index in [1.807, 2.05) is 0 Å². The van der Waals surface area contributed by atoms with E-state index in [0.717, 1.165) is 19.6 Å². The van der Waals surface area contributed by atoms with E-state index in [2.05, 4.69) is 39.5 Å². The van der Waals surface area contributed by atoms with Gasteiger partial charge in [-0.1, -0.05) is 39.0 Å². The molecule has 2 fully saturated rings. The molecule has 4 nitrogen and oxygen atoms in total. The van der Waals surface area contributed by atoms with Gasteiger partial charge in [0, 0.05) is 5.54 Å². The van der Waals surface area contributed by atoms with Gasteiger partial charge in [-0.25, -0.2) is 0 Å². The Hall–Kier alpha value is -0.450. The van der Waals surface area contributed by atoms with Crippen molar-refractivity contribution in [3.8, 4) is 0 Å². The van der Waals surface area contributed by atoms with E-state index >= 15 is 0 Å². The van der Waals surface area contributed by atoms with Crippen molar-refractivity contribution in [2.45, 2.75) is 103 Å². The molecule has 2 heterocycles. The lowest BCUT2D eigenvalue weighted by Gasteiger charge is -2.54. The predicted molar refractivity (Wildman–Crippen MR) is 97.3 cm³/mol. The molecule has 2 saturated heterocycles. The molecule has 0 aliphatic carbocycles. The zero-order valence-electron chi connectivity index (χ0n) is 16.4. The van der Waals surface area contributed by atoms with Crippen LogP contribution in [0.2, 0.25) is 0 Å². The van der Waals surface area contributed by atoms with Crippen LogP contribution in [0.15, 0.2) is 0 Å². The number of Topliss-reactive ketones (excluding diaryl/α,β-unsaturated/α-hetero) is 1. The van der Waals surface area contributed by atoms with Gasteiger partial charge in [-0.3, -0.25) is 9.69 Å². The Morgan fingerprint density at radius 2 is 1.75 bits per heavy atom. The van der Waals surface area contributed by atoms with Crippen LogP contribution in [0.4, 0.5) is 0 Å². The van der Waals surface area contributed by atoms with Gasteiger partial charge < -0.3 is 9.47 Å². The van der Waals surface area contributed by atoms with E-state index in [0.29, 0.717) is 6.61 Å². The van der Waals surface area contributed by atoms with Crippen LogP contribution in [0.5, 0.6) is 0 Å². The molecule has 140 valence electrons. The highest BCUT2D eigenvalue weighted by atomic mass is 16.6. The van der Waals surface area contributed by atoms with Gasteiger partial charge in [-0.15, -0.1) is 0 Å². The normalized spacial score (nSPS) is 29.0. The number of rotatable bonds is 10. The zero-order valence-corrected chi connectivity index (χ0v) is 16.4. The van der Waals surface area contributed by atoms with Gasteiger partial charge in [0.1, 0.15) is 12.2 Å². The first-order valence-corrected chi connectivity index (χ1v) is 9.84. The van der Waals surface area contributed by atoms with Crippen LogP contribution in [0.3, 0.4) is 0 Å². The monoisotopic (exact) mass is 339 g/mol. The Balaban J connectivity index is 1.88. The molecule has 2 aliphatic rings. The average Bonchev–Trinajstić information content (AvgIpc) is 3.32. The summed E-state index contributed by atoms with van der Waals surface area (Å²) in [7, 11) is 0. The Morgan fingerprint density at radius 3 is 2.38 bits per heavy atom. The van der Waals surface area contributed by atoms with Crippen molar-refractivity contribution in [1.29, 1.82) is 0 Å². The molecular formula is C20H37NO3. The first-order chi connectivity index (χ1) is 11.3. The number of hydrogen-bond acceptors (Lipinski definition) is 4. The molecule has 2 aliphatic heterocycles. The van der Waals surface area contributed by atoms with Crippen molar-refractivity contribution in [2.24, 2.45) is 0 Å². The molecule has 0 aromatic carbocycles. The molecule has 4 heteroatoms. The molecule has 2 unspecified atom stereocenters. The number of likely N-dealkylation sites (tertiary alicyclic amines) is 1. The fraction of sp³-hybridized carbons (Fsp3) is 0.950. The molecule has 0 aromatic rings. The van der Waals surface area contributed by atoms with Crippen LogP contribution in [-0.2, 0) is 14.3 Å². The Labute approximate surface area is 148 Å². The summed E-state index contributed by atoms with van der Waals surface area (Å²) >= 11 is 0. The number of ether oxygens (including phenoxy) is 2. The van der Waals surface area contributed by atoms with Crippen molar-refractivity contribution >= 4 is 5.78 Å². The number of ketones is 1. The molecule has 0 amide bonds. The number of unbranched alkanes of at least 4 members (excludes halogenated alkanes) is 5.